The van der Waals surface area contributed by atoms with Gasteiger partial charge < -0.3 is 14.2 Å². The summed E-state index contributed by atoms with van der Waals surface area (Å²) in [5.74, 6) is -0.894. The molecule has 0 heterocycles. The first kappa shape index (κ1) is 79.8. The molecule has 0 aliphatic rings. The lowest BCUT2D eigenvalue weighted by molar-refractivity contribution is -0.167. The molecule has 0 fully saturated rings. The topological polar surface area (TPSA) is 78.9 Å². The van der Waals surface area contributed by atoms with Crippen molar-refractivity contribution in [1.82, 2.24) is 0 Å². The smallest absolute Gasteiger partial charge is 0.306 e. The first-order chi connectivity index (χ1) is 41.0. The minimum Gasteiger partial charge on any atom is -0.462 e. The summed E-state index contributed by atoms with van der Waals surface area (Å²) < 4.78 is 16.9. The molecule has 6 nitrogen and oxygen atoms in total. The highest BCUT2D eigenvalue weighted by Gasteiger charge is 2.19. The first-order valence-electron chi connectivity index (χ1n) is 36.4. The minimum atomic E-state index is -0.789. The Balaban J connectivity index is 4.13. The molecule has 0 aliphatic carbocycles. The summed E-state index contributed by atoms with van der Waals surface area (Å²) in [6.45, 7) is 6.52. The van der Waals surface area contributed by atoms with E-state index in [1.54, 1.807) is 0 Å². The second-order valence-electron chi connectivity index (χ2n) is 24.5. The summed E-state index contributed by atoms with van der Waals surface area (Å²) in [5.41, 5.74) is 0. The van der Waals surface area contributed by atoms with Gasteiger partial charge in [-0.1, -0.05) is 351 Å². The van der Waals surface area contributed by atoms with Gasteiger partial charge in [0.15, 0.2) is 6.10 Å². The Morgan fingerprint density at radius 1 is 0.253 bits per heavy atom. The number of hydrogen-bond acceptors (Lipinski definition) is 6. The second-order valence-corrected chi connectivity index (χ2v) is 24.5. The lowest BCUT2D eigenvalue weighted by atomic mass is 10.0. The van der Waals surface area contributed by atoms with Crippen LogP contribution in [0.4, 0.5) is 0 Å². The predicted octanol–water partition coefficient (Wildman–Crippen LogP) is 25.2. The maximum Gasteiger partial charge on any atom is 0.306 e. The van der Waals surface area contributed by atoms with E-state index < -0.39 is 6.10 Å². The third-order valence-corrected chi connectivity index (χ3v) is 16.2. The molecule has 6 heteroatoms. The van der Waals surface area contributed by atoms with Crippen LogP contribution in [0.3, 0.4) is 0 Å². The fourth-order valence-corrected chi connectivity index (χ4v) is 10.7. The van der Waals surface area contributed by atoms with E-state index in [2.05, 4.69) is 93.7 Å². The Bertz CT molecular complexity index is 1520. The maximum atomic E-state index is 12.9. The SMILES string of the molecule is CC/C=C\C/C=C\C/C=C\C/C=C\C/C=C\CCCCCCCC(=O)OC(COC(=O)CCCCCCC/C=C\CCCC)COC(=O)CCCCCCCCCCCCCCCCCCCCCCCCCCCCCCCCCCC. The monoisotopic (exact) mass is 1160 g/mol. The molecule has 0 spiro atoms. The fourth-order valence-electron chi connectivity index (χ4n) is 10.7. The quantitative estimate of drug-likeness (QED) is 0.0261. The maximum absolute atomic E-state index is 12.9. The molecule has 482 valence electrons. The van der Waals surface area contributed by atoms with Crippen molar-refractivity contribution in [2.75, 3.05) is 13.2 Å². The van der Waals surface area contributed by atoms with Gasteiger partial charge in [0.05, 0.1) is 0 Å². The van der Waals surface area contributed by atoms with E-state index in [-0.39, 0.29) is 31.1 Å². The van der Waals surface area contributed by atoms with Gasteiger partial charge in [-0.2, -0.15) is 0 Å². The lowest BCUT2D eigenvalue weighted by Crippen LogP contribution is -2.30. The van der Waals surface area contributed by atoms with Crippen molar-refractivity contribution >= 4 is 17.9 Å². The Hall–Kier alpha value is -3.15. The van der Waals surface area contributed by atoms with Gasteiger partial charge >= 0.3 is 17.9 Å². The minimum absolute atomic E-state index is 0.0831. The van der Waals surface area contributed by atoms with Crippen LogP contribution in [0.1, 0.15) is 380 Å². The molecule has 0 saturated carbocycles. The number of ether oxygens (including phenoxy) is 3. The summed E-state index contributed by atoms with van der Waals surface area (Å²) in [6, 6.07) is 0. The van der Waals surface area contributed by atoms with E-state index in [4.69, 9.17) is 14.2 Å². The number of unbranched alkanes of at least 4 members (excludes halogenated alkanes) is 44. The standard InChI is InChI=1S/C77H138O6/c1-4-7-10-13-16-19-22-24-26-28-30-32-33-34-35-36-37-38-39-40-41-42-43-45-46-48-50-52-55-58-61-64-67-70-76(79)82-73-74(72-81-75(78)69-66-63-60-57-54-21-18-15-12-9-6-3)83-77(80)71-68-65-62-59-56-53-51-49-47-44-31-29-27-25-23-20-17-14-11-8-5-2/h8,11,15,17-18,20,25,27,31,44,49,51,74H,4-7,9-10,12-14,16,19,21-24,26,28-30,32-43,45-48,50,52-73H2,1-3H3/b11-8-,18-15-,20-17-,27-25-,44-31-,51-49-. The molecule has 0 N–H and O–H groups in total. The molecule has 0 bridgehead atoms. The van der Waals surface area contributed by atoms with Crippen LogP contribution in [-0.4, -0.2) is 37.2 Å². The Morgan fingerprint density at radius 3 is 0.783 bits per heavy atom. The molecule has 0 aromatic heterocycles. The van der Waals surface area contributed by atoms with E-state index in [1.165, 1.54) is 225 Å². The zero-order valence-corrected chi connectivity index (χ0v) is 55.5. The van der Waals surface area contributed by atoms with Crippen molar-refractivity contribution in [3.05, 3.63) is 72.9 Å². The molecular formula is C77H138O6. The van der Waals surface area contributed by atoms with E-state index in [0.717, 1.165) is 116 Å². The zero-order valence-electron chi connectivity index (χ0n) is 55.5. The summed E-state index contributed by atoms with van der Waals surface area (Å²) >= 11 is 0. The van der Waals surface area contributed by atoms with Gasteiger partial charge in [0.25, 0.3) is 0 Å². The zero-order chi connectivity index (χ0) is 59.9. The molecule has 0 aromatic carbocycles. The molecule has 1 unspecified atom stereocenters. The van der Waals surface area contributed by atoms with Gasteiger partial charge in [0, 0.05) is 19.3 Å². The van der Waals surface area contributed by atoms with E-state index >= 15 is 0 Å². The average molecular weight is 1160 g/mol. The summed E-state index contributed by atoms with van der Waals surface area (Å²) in [6.07, 6.45) is 93.9. The van der Waals surface area contributed by atoms with Gasteiger partial charge in [0.2, 0.25) is 0 Å². The third-order valence-electron chi connectivity index (χ3n) is 16.2. The molecule has 0 aliphatic heterocycles. The van der Waals surface area contributed by atoms with Crippen LogP contribution in [0.25, 0.3) is 0 Å². The predicted molar refractivity (Wildman–Crippen MR) is 362 cm³/mol. The number of carbonyl (C=O) groups excluding carboxylic acids is 3. The first-order valence-corrected chi connectivity index (χ1v) is 36.4. The van der Waals surface area contributed by atoms with Crippen molar-refractivity contribution < 1.29 is 28.6 Å². The van der Waals surface area contributed by atoms with Gasteiger partial charge in [-0.05, 0) is 83.5 Å². The van der Waals surface area contributed by atoms with Gasteiger partial charge in [-0.15, -0.1) is 0 Å². The largest absolute Gasteiger partial charge is 0.462 e. The number of carbonyl (C=O) groups is 3. The number of hydrogen-bond donors (Lipinski definition) is 0. The van der Waals surface area contributed by atoms with E-state index in [1.807, 2.05) is 0 Å². The normalized spacial score (nSPS) is 12.5. The molecule has 83 heavy (non-hydrogen) atoms. The number of allylic oxidation sites excluding steroid dienone is 12. The molecule has 0 saturated heterocycles. The summed E-state index contributed by atoms with van der Waals surface area (Å²) in [4.78, 5) is 38.3. The van der Waals surface area contributed by atoms with Crippen molar-refractivity contribution in [3.63, 3.8) is 0 Å². The lowest BCUT2D eigenvalue weighted by Gasteiger charge is -2.18. The van der Waals surface area contributed by atoms with Crippen LogP contribution in [0, 0.1) is 0 Å². The van der Waals surface area contributed by atoms with Gasteiger partial charge in [-0.25, -0.2) is 0 Å². The van der Waals surface area contributed by atoms with Gasteiger partial charge in [0.1, 0.15) is 13.2 Å². The molecule has 0 rings (SSSR count). The van der Waals surface area contributed by atoms with Crippen LogP contribution in [0.5, 0.6) is 0 Å². The van der Waals surface area contributed by atoms with E-state index in [0.29, 0.717) is 19.3 Å². The van der Waals surface area contributed by atoms with Gasteiger partial charge in [-0.3, -0.25) is 14.4 Å². The molecule has 0 aromatic rings. The average Bonchev–Trinajstić information content (AvgIpc) is 3.48. The van der Waals surface area contributed by atoms with Crippen molar-refractivity contribution in [2.24, 2.45) is 0 Å². The fraction of sp³-hybridized carbons (Fsp3) is 0.805. The van der Waals surface area contributed by atoms with Crippen molar-refractivity contribution in [1.29, 1.82) is 0 Å². The van der Waals surface area contributed by atoms with Crippen LogP contribution in [-0.2, 0) is 28.6 Å². The molecule has 0 amide bonds. The van der Waals surface area contributed by atoms with Crippen molar-refractivity contribution in [3.8, 4) is 0 Å². The Kier molecular flexibility index (Phi) is 68.6. The number of esters is 3. The van der Waals surface area contributed by atoms with Crippen LogP contribution in [0.2, 0.25) is 0 Å². The Morgan fingerprint density at radius 2 is 0.482 bits per heavy atom. The van der Waals surface area contributed by atoms with E-state index in [9.17, 15) is 14.4 Å². The van der Waals surface area contributed by atoms with Crippen LogP contribution >= 0.6 is 0 Å². The highest BCUT2D eigenvalue weighted by Crippen LogP contribution is 2.19. The highest BCUT2D eigenvalue weighted by molar-refractivity contribution is 5.71. The summed E-state index contributed by atoms with van der Waals surface area (Å²) in [5, 5.41) is 0. The molecule has 0 radical (unpaired) electrons. The Labute approximate surface area is 516 Å². The number of rotatable bonds is 67. The molecule has 1 atom stereocenters. The second kappa shape index (κ2) is 71.3. The van der Waals surface area contributed by atoms with Crippen LogP contribution < -0.4 is 0 Å². The highest BCUT2D eigenvalue weighted by atomic mass is 16.6. The summed E-state index contributed by atoms with van der Waals surface area (Å²) in [7, 11) is 0. The molecular weight excluding hydrogens is 1020 g/mol. The van der Waals surface area contributed by atoms with Crippen molar-refractivity contribution in [2.45, 2.75) is 386 Å². The third kappa shape index (κ3) is 69.5. The van der Waals surface area contributed by atoms with Crippen LogP contribution in [0.15, 0.2) is 72.9 Å².